The number of rotatable bonds is 7. The molecule has 0 saturated carbocycles. The third-order valence-electron chi connectivity index (χ3n) is 3.31. The molecule has 0 aromatic carbocycles. The lowest BCUT2D eigenvalue weighted by Gasteiger charge is -2.32. The molecule has 2 N–H and O–H groups in total. The van der Waals surface area contributed by atoms with Gasteiger partial charge >= 0.3 is 0 Å². The van der Waals surface area contributed by atoms with Crippen LogP contribution >= 0.6 is 0 Å². The second kappa shape index (κ2) is 8.01. The van der Waals surface area contributed by atoms with Crippen LogP contribution in [-0.4, -0.2) is 62.6 Å². The molecular formula is C12H26N2O2. The Balaban J connectivity index is 2.01. The third-order valence-corrected chi connectivity index (χ3v) is 3.31. The maximum absolute atomic E-state index is 9.44. The molecule has 4 nitrogen and oxygen atoms in total. The Bertz CT molecular complexity index is 178. The number of aliphatic hydroxyl groups excluding tert-OH is 1. The SMILES string of the molecule is COCC(O)CNCCC1CCCCN1C. The number of aliphatic hydroxyl groups is 1. The van der Waals surface area contributed by atoms with Gasteiger partial charge in [0.15, 0.2) is 0 Å². The summed E-state index contributed by atoms with van der Waals surface area (Å²) >= 11 is 0. The summed E-state index contributed by atoms with van der Waals surface area (Å²) in [6.07, 6.45) is 4.82. The van der Waals surface area contributed by atoms with Gasteiger partial charge in [0.2, 0.25) is 0 Å². The maximum Gasteiger partial charge on any atom is 0.0897 e. The number of hydrogen-bond donors (Lipinski definition) is 2. The molecule has 0 spiro atoms. The summed E-state index contributed by atoms with van der Waals surface area (Å²) in [6, 6.07) is 0.723. The van der Waals surface area contributed by atoms with Gasteiger partial charge in [0, 0.05) is 19.7 Å². The Hall–Kier alpha value is -0.160. The largest absolute Gasteiger partial charge is 0.389 e. The highest BCUT2D eigenvalue weighted by Crippen LogP contribution is 2.16. The van der Waals surface area contributed by atoms with Gasteiger partial charge in [-0.05, 0) is 39.4 Å². The van der Waals surface area contributed by atoms with Crippen LogP contribution in [0, 0.1) is 0 Å². The quantitative estimate of drug-likeness (QED) is 0.624. The van der Waals surface area contributed by atoms with Crippen molar-refractivity contribution in [2.75, 3.05) is 40.4 Å². The average molecular weight is 230 g/mol. The van der Waals surface area contributed by atoms with E-state index in [0.717, 1.165) is 12.6 Å². The highest BCUT2D eigenvalue weighted by atomic mass is 16.5. The first-order chi connectivity index (χ1) is 7.74. The normalized spacial score (nSPS) is 24.6. The van der Waals surface area contributed by atoms with Crippen LogP contribution in [0.4, 0.5) is 0 Å². The van der Waals surface area contributed by atoms with Crippen LogP contribution in [0.3, 0.4) is 0 Å². The summed E-state index contributed by atoms with van der Waals surface area (Å²) in [4.78, 5) is 2.46. The Labute approximate surface area is 99.0 Å². The molecule has 0 radical (unpaired) electrons. The van der Waals surface area contributed by atoms with Gasteiger partial charge in [-0.3, -0.25) is 0 Å². The molecule has 1 rings (SSSR count). The molecule has 1 aliphatic heterocycles. The van der Waals surface area contributed by atoms with Gasteiger partial charge in [-0.25, -0.2) is 0 Å². The zero-order chi connectivity index (χ0) is 11.8. The second-order valence-corrected chi connectivity index (χ2v) is 4.73. The topological polar surface area (TPSA) is 44.7 Å². The van der Waals surface area contributed by atoms with Gasteiger partial charge in [-0.15, -0.1) is 0 Å². The van der Waals surface area contributed by atoms with Crippen molar-refractivity contribution in [3.05, 3.63) is 0 Å². The van der Waals surface area contributed by atoms with Crippen LogP contribution in [0.15, 0.2) is 0 Å². The molecule has 0 aromatic heterocycles. The maximum atomic E-state index is 9.44. The van der Waals surface area contributed by atoms with Crippen molar-refractivity contribution < 1.29 is 9.84 Å². The highest BCUT2D eigenvalue weighted by molar-refractivity contribution is 4.75. The van der Waals surface area contributed by atoms with Crippen LogP contribution in [0.25, 0.3) is 0 Å². The number of hydrogen-bond acceptors (Lipinski definition) is 4. The summed E-state index contributed by atoms with van der Waals surface area (Å²) in [6.45, 7) is 3.26. The van der Waals surface area contributed by atoms with Crippen molar-refractivity contribution in [3.63, 3.8) is 0 Å². The highest BCUT2D eigenvalue weighted by Gasteiger charge is 2.17. The van der Waals surface area contributed by atoms with E-state index in [9.17, 15) is 5.11 Å². The molecule has 2 unspecified atom stereocenters. The molecule has 16 heavy (non-hydrogen) atoms. The van der Waals surface area contributed by atoms with E-state index in [2.05, 4.69) is 17.3 Å². The molecule has 0 aromatic rings. The number of nitrogens with one attached hydrogen (secondary N) is 1. The number of piperidine rings is 1. The van der Waals surface area contributed by atoms with Crippen LogP contribution in [0.2, 0.25) is 0 Å². The average Bonchev–Trinajstić information content (AvgIpc) is 2.27. The van der Waals surface area contributed by atoms with E-state index < -0.39 is 0 Å². The molecular weight excluding hydrogens is 204 g/mol. The van der Waals surface area contributed by atoms with E-state index in [1.165, 1.54) is 32.2 Å². The molecule has 1 saturated heterocycles. The van der Waals surface area contributed by atoms with Crippen LogP contribution in [0.5, 0.6) is 0 Å². The molecule has 1 heterocycles. The van der Waals surface area contributed by atoms with Gasteiger partial charge in [0.05, 0.1) is 12.7 Å². The fourth-order valence-electron chi connectivity index (χ4n) is 2.30. The summed E-state index contributed by atoms with van der Waals surface area (Å²) in [5, 5.41) is 12.7. The lowest BCUT2D eigenvalue weighted by molar-refractivity contribution is 0.0640. The first-order valence-electron chi connectivity index (χ1n) is 6.32. The fraction of sp³-hybridized carbons (Fsp3) is 1.00. The molecule has 1 fully saturated rings. The van der Waals surface area contributed by atoms with Crippen LogP contribution in [0.1, 0.15) is 25.7 Å². The summed E-state index contributed by atoms with van der Waals surface area (Å²) < 4.78 is 4.87. The van der Waals surface area contributed by atoms with Crippen molar-refractivity contribution in [2.45, 2.75) is 37.8 Å². The van der Waals surface area contributed by atoms with Crippen LogP contribution in [-0.2, 0) is 4.74 Å². The fourth-order valence-corrected chi connectivity index (χ4v) is 2.30. The van der Waals surface area contributed by atoms with Crippen molar-refractivity contribution >= 4 is 0 Å². The Kier molecular flexibility index (Phi) is 6.96. The minimum Gasteiger partial charge on any atom is -0.389 e. The molecule has 4 heteroatoms. The first kappa shape index (κ1) is 13.9. The van der Waals surface area contributed by atoms with Gasteiger partial charge in [-0.1, -0.05) is 6.42 Å². The molecule has 0 bridgehead atoms. The Morgan fingerprint density at radius 2 is 2.31 bits per heavy atom. The Morgan fingerprint density at radius 1 is 1.50 bits per heavy atom. The molecule has 0 aliphatic carbocycles. The van der Waals surface area contributed by atoms with Gasteiger partial charge in [0.25, 0.3) is 0 Å². The zero-order valence-electron chi connectivity index (χ0n) is 10.6. The predicted molar refractivity (Wildman–Crippen MR) is 65.6 cm³/mol. The van der Waals surface area contributed by atoms with E-state index in [1.54, 1.807) is 7.11 Å². The number of nitrogens with zero attached hydrogens (tertiary/aromatic N) is 1. The minimum atomic E-state index is -0.380. The molecule has 96 valence electrons. The monoisotopic (exact) mass is 230 g/mol. The second-order valence-electron chi connectivity index (χ2n) is 4.73. The van der Waals surface area contributed by atoms with Crippen molar-refractivity contribution in [1.82, 2.24) is 10.2 Å². The first-order valence-corrected chi connectivity index (χ1v) is 6.32. The molecule has 0 amide bonds. The zero-order valence-corrected chi connectivity index (χ0v) is 10.6. The van der Waals surface area contributed by atoms with E-state index in [1.807, 2.05) is 0 Å². The van der Waals surface area contributed by atoms with E-state index in [4.69, 9.17) is 4.74 Å². The predicted octanol–water partition coefficient (Wildman–Crippen LogP) is 0.458. The smallest absolute Gasteiger partial charge is 0.0897 e. The Morgan fingerprint density at radius 3 is 3.00 bits per heavy atom. The van der Waals surface area contributed by atoms with Gasteiger partial charge < -0.3 is 20.1 Å². The van der Waals surface area contributed by atoms with Crippen molar-refractivity contribution in [3.8, 4) is 0 Å². The lowest BCUT2D eigenvalue weighted by Crippen LogP contribution is -2.39. The van der Waals surface area contributed by atoms with E-state index in [0.29, 0.717) is 13.2 Å². The van der Waals surface area contributed by atoms with Crippen LogP contribution < -0.4 is 5.32 Å². The van der Waals surface area contributed by atoms with Crippen molar-refractivity contribution in [2.24, 2.45) is 0 Å². The lowest BCUT2D eigenvalue weighted by atomic mass is 10.0. The molecule has 1 aliphatic rings. The molecule has 2 atom stereocenters. The number of likely N-dealkylation sites (tertiary alicyclic amines) is 1. The summed E-state index contributed by atoms with van der Waals surface area (Å²) in [5.74, 6) is 0. The summed E-state index contributed by atoms with van der Waals surface area (Å²) in [7, 11) is 3.82. The van der Waals surface area contributed by atoms with E-state index in [-0.39, 0.29) is 6.10 Å². The number of methoxy groups -OCH3 is 1. The summed E-state index contributed by atoms with van der Waals surface area (Å²) in [5.41, 5.74) is 0. The number of ether oxygens (including phenoxy) is 1. The van der Waals surface area contributed by atoms with E-state index >= 15 is 0 Å². The van der Waals surface area contributed by atoms with Gasteiger partial charge in [0.1, 0.15) is 0 Å². The standard InChI is InChI=1S/C12H26N2O2/c1-14-8-4-3-5-11(14)6-7-13-9-12(15)10-16-2/h11-13,15H,3-10H2,1-2H3. The third kappa shape index (κ3) is 5.25. The van der Waals surface area contributed by atoms with Crippen molar-refractivity contribution in [1.29, 1.82) is 0 Å². The van der Waals surface area contributed by atoms with Gasteiger partial charge in [-0.2, -0.15) is 0 Å². The minimum absolute atomic E-state index is 0.380.